The average molecular weight is 289 g/mol. The van der Waals surface area contributed by atoms with Gasteiger partial charge in [0.05, 0.1) is 6.42 Å². The van der Waals surface area contributed by atoms with Crippen molar-refractivity contribution in [1.29, 1.82) is 0 Å². The van der Waals surface area contributed by atoms with E-state index in [1.165, 1.54) is 25.8 Å². The zero-order chi connectivity index (χ0) is 15.1. The quantitative estimate of drug-likeness (QED) is 0.874. The van der Waals surface area contributed by atoms with E-state index in [9.17, 15) is 4.79 Å². The Labute approximate surface area is 127 Å². The number of amides is 1. The topological polar surface area (TPSA) is 44.4 Å². The Morgan fingerprint density at radius 2 is 2.00 bits per heavy atom. The van der Waals surface area contributed by atoms with Crippen molar-refractivity contribution in [2.24, 2.45) is 0 Å². The number of likely N-dealkylation sites (N-methyl/N-ethyl adjacent to an activating group) is 1. The maximum atomic E-state index is 11.6. The molecule has 0 radical (unpaired) electrons. The molecule has 4 heteroatoms. The number of carbonyl (C=O) groups excluding carboxylic acids is 1. The van der Waals surface area contributed by atoms with Crippen molar-refractivity contribution in [3.05, 3.63) is 29.8 Å². The van der Waals surface area contributed by atoms with Crippen LogP contribution in [0, 0.1) is 0 Å². The zero-order valence-corrected chi connectivity index (χ0v) is 13.2. The lowest BCUT2D eigenvalue weighted by Crippen LogP contribution is -2.24. The molecule has 1 aliphatic heterocycles. The molecule has 1 atom stereocenters. The van der Waals surface area contributed by atoms with Gasteiger partial charge in [-0.3, -0.25) is 4.79 Å². The van der Waals surface area contributed by atoms with Gasteiger partial charge < -0.3 is 15.5 Å². The third kappa shape index (κ3) is 5.38. The van der Waals surface area contributed by atoms with E-state index in [1.807, 2.05) is 19.1 Å². The van der Waals surface area contributed by atoms with Crippen LogP contribution >= 0.6 is 0 Å². The van der Waals surface area contributed by atoms with Crippen molar-refractivity contribution in [2.45, 2.75) is 38.6 Å². The molecule has 21 heavy (non-hydrogen) atoms. The number of likely N-dealkylation sites (tertiary alicyclic amines) is 1. The minimum Gasteiger partial charge on any atom is -0.382 e. The molecule has 1 unspecified atom stereocenters. The molecule has 0 saturated carbocycles. The third-order valence-corrected chi connectivity index (χ3v) is 4.02. The van der Waals surface area contributed by atoms with E-state index in [4.69, 9.17) is 0 Å². The minimum absolute atomic E-state index is 0.0880. The van der Waals surface area contributed by atoms with E-state index < -0.39 is 0 Å². The van der Waals surface area contributed by atoms with Crippen LogP contribution in [-0.2, 0) is 11.2 Å². The second kappa shape index (κ2) is 8.03. The summed E-state index contributed by atoms with van der Waals surface area (Å²) in [6, 6.07) is 8.82. The Morgan fingerprint density at radius 3 is 2.71 bits per heavy atom. The van der Waals surface area contributed by atoms with E-state index >= 15 is 0 Å². The molecule has 2 N–H and O–H groups in total. The second-order valence-electron chi connectivity index (χ2n) is 5.90. The van der Waals surface area contributed by atoms with Gasteiger partial charge in [-0.25, -0.2) is 0 Å². The number of carbonyl (C=O) groups is 1. The van der Waals surface area contributed by atoms with E-state index in [2.05, 4.69) is 34.7 Å². The van der Waals surface area contributed by atoms with Crippen molar-refractivity contribution in [2.75, 3.05) is 32.0 Å². The van der Waals surface area contributed by atoms with Gasteiger partial charge in [-0.2, -0.15) is 0 Å². The highest BCUT2D eigenvalue weighted by Gasteiger charge is 2.14. The largest absolute Gasteiger partial charge is 0.382 e. The minimum atomic E-state index is 0.0880. The summed E-state index contributed by atoms with van der Waals surface area (Å²) in [7, 11) is 2.19. The molecular formula is C17H27N3O. The normalized spacial score (nSPS) is 19.8. The molecule has 1 heterocycles. The number of hydrogen-bond acceptors (Lipinski definition) is 3. The molecule has 0 aromatic heterocycles. The molecule has 1 amide bonds. The summed E-state index contributed by atoms with van der Waals surface area (Å²) in [4.78, 5) is 14.0. The SMILES string of the molecule is CCNC(=O)Cc1ccc(NC2CCCN(C)CC2)cc1. The highest BCUT2D eigenvalue weighted by molar-refractivity contribution is 5.78. The summed E-state index contributed by atoms with van der Waals surface area (Å²) in [6.45, 7) is 4.99. The standard InChI is InChI=1S/C17H27N3O/c1-3-18-17(21)13-14-6-8-16(9-7-14)19-15-5-4-11-20(2)12-10-15/h6-9,15,19H,3-5,10-13H2,1-2H3,(H,18,21). The second-order valence-corrected chi connectivity index (χ2v) is 5.90. The summed E-state index contributed by atoms with van der Waals surface area (Å²) in [5, 5.41) is 6.45. The highest BCUT2D eigenvalue weighted by atomic mass is 16.1. The first kappa shape index (κ1) is 15.8. The Kier molecular flexibility index (Phi) is 6.05. The molecule has 0 aliphatic carbocycles. The Hall–Kier alpha value is -1.55. The van der Waals surface area contributed by atoms with Gasteiger partial charge in [0, 0.05) is 18.3 Å². The summed E-state index contributed by atoms with van der Waals surface area (Å²) < 4.78 is 0. The van der Waals surface area contributed by atoms with Gasteiger partial charge in [0.1, 0.15) is 0 Å². The summed E-state index contributed by atoms with van der Waals surface area (Å²) in [6.07, 6.45) is 4.13. The fraction of sp³-hybridized carbons (Fsp3) is 0.588. The molecule has 4 nitrogen and oxygen atoms in total. The number of anilines is 1. The number of rotatable bonds is 5. The molecule has 1 fully saturated rings. The third-order valence-electron chi connectivity index (χ3n) is 4.02. The fourth-order valence-corrected chi connectivity index (χ4v) is 2.78. The van der Waals surface area contributed by atoms with Crippen molar-refractivity contribution in [3.8, 4) is 0 Å². The molecular weight excluding hydrogens is 262 g/mol. The predicted molar refractivity (Wildman–Crippen MR) is 87.6 cm³/mol. The van der Waals surface area contributed by atoms with Gasteiger partial charge in [0.2, 0.25) is 5.91 Å². The summed E-state index contributed by atoms with van der Waals surface area (Å²) in [5.74, 6) is 0.0880. The van der Waals surface area contributed by atoms with E-state index in [1.54, 1.807) is 0 Å². The molecule has 116 valence electrons. The first-order valence-corrected chi connectivity index (χ1v) is 7.98. The maximum absolute atomic E-state index is 11.6. The molecule has 0 spiro atoms. The lowest BCUT2D eigenvalue weighted by molar-refractivity contribution is -0.120. The highest BCUT2D eigenvalue weighted by Crippen LogP contribution is 2.17. The maximum Gasteiger partial charge on any atom is 0.224 e. The number of nitrogens with zero attached hydrogens (tertiary/aromatic N) is 1. The van der Waals surface area contributed by atoms with Crippen LogP contribution in [0.4, 0.5) is 5.69 Å². The summed E-state index contributed by atoms with van der Waals surface area (Å²) in [5.41, 5.74) is 2.22. The lowest BCUT2D eigenvalue weighted by Gasteiger charge is -2.18. The molecule has 0 bridgehead atoms. The van der Waals surface area contributed by atoms with Crippen molar-refractivity contribution >= 4 is 11.6 Å². The smallest absolute Gasteiger partial charge is 0.224 e. The van der Waals surface area contributed by atoms with Gasteiger partial charge in [0.25, 0.3) is 0 Å². The van der Waals surface area contributed by atoms with Crippen LogP contribution in [0.2, 0.25) is 0 Å². The van der Waals surface area contributed by atoms with Crippen LogP contribution in [0.25, 0.3) is 0 Å². The fourth-order valence-electron chi connectivity index (χ4n) is 2.78. The monoisotopic (exact) mass is 289 g/mol. The zero-order valence-electron chi connectivity index (χ0n) is 13.2. The van der Waals surface area contributed by atoms with Crippen LogP contribution < -0.4 is 10.6 Å². The number of nitrogens with one attached hydrogen (secondary N) is 2. The molecule has 1 aromatic carbocycles. The van der Waals surface area contributed by atoms with Gasteiger partial charge in [-0.05, 0) is 64.0 Å². The van der Waals surface area contributed by atoms with Gasteiger partial charge >= 0.3 is 0 Å². The average Bonchev–Trinajstić information content (AvgIpc) is 2.66. The molecule has 2 rings (SSSR count). The van der Waals surface area contributed by atoms with E-state index in [0.717, 1.165) is 17.8 Å². The van der Waals surface area contributed by atoms with Gasteiger partial charge in [0.15, 0.2) is 0 Å². The molecule has 1 aliphatic rings. The lowest BCUT2D eigenvalue weighted by atomic mass is 10.1. The van der Waals surface area contributed by atoms with Gasteiger partial charge in [-0.1, -0.05) is 12.1 Å². The van der Waals surface area contributed by atoms with Crippen LogP contribution in [0.15, 0.2) is 24.3 Å². The Morgan fingerprint density at radius 1 is 1.24 bits per heavy atom. The van der Waals surface area contributed by atoms with Crippen molar-refractivity contribution in [3.63, 3.8) is 0 Å². The van der Waals surface area contributed by atoms with Crippen molar-refractivity contribution < 1.29 is 4.79 Å². The van der Waals surface area contributed by atoms with E-state index in [-0.39, 0.29) is 5.91 Å². The van der Waals surface area contributed by atoms with Crippen LogP contribution in [0.5, 0.6) is 0 Å². The Balaban J connectivity index is 1.85. The first-order chi connectivity index (χ1) is 10.2. The summed E-state index contributed by atoms with van der Waals surface area (Å²) >= 11 is 0. The molecule has 1 aromatic rings. The van der Waals surface area contributed by atoms with Crippen LogP contribution in [0.1, 0.15) is 31.7 Å². The predicted octanol–water partition coefficient (Wildman–Crippen LogP) is 2.26. The van der Waals surface area contributed by atoms with Crippen LogP contribution in [-0.4, -0.2) is 43.5 Å². The first-order valence-electron chi connectivity index (χ1n) is 7.98. The van der Waals surface area contributed by atoms with Gasteiger partial charge in [-0.15, -0.1) is 0 Å². The van der Waals surface area contributed by atoms with E-state index in [0.29, 0.717) is 19.0 Å². The Bertz CT molecular complexity index is 444. The number of benzene rings is 1. The van der Waals surface area contributed by atoms with Crippen molar-refractivity contribution in [1.82, 2.24) is 10.2 Å². The number of hydrogen-bond donors (Lipinski definition) is 2. The molecule has 1 saturated heterocycles. The van der Waals surface area contributed by atoms with Crippen LogP contribution in [0.3, 0.4) is 0 Å².